The van der Waals surface area contributed by atoms with Crippen molar-refractivity contribution < 1.29 is 14.6 Å². The van der Waals surface area contributed by atoms with Gasteiger partial charge in [-0.25, -0.2) is 9.79 Å². The monoisotopic (exact) mass is 286 g/mol. The molecular weight excluding hydrogens is 268 g/mol. The lowest BCUT2D eigenvalue weighted by molar-refractivity contribution is -0.0219. The molecule has 7 nitrogen and oxygen atoms in total. The van der Waals surface area contributed by atoms with Crippen LogP contribution < -0.4 is 5.32 Å². The summed E-state index contributed by atoms with van der Waals surface area (Å²) in [4.78, 5) is 19.4. The van der Waals surface area contributed by atoms with Crippen LogP contribution in [0.1, 0.15) is 0 Å². The highest BCUT2D eigenvalue weighted by atomic mass is 32.2. The van der Waals surface area contributed by atoms with Gasteiger partial charge in [0.15, 0.2) is 0 Å². The van der Waals surface area contributed by atoms with E-state index in [1.165, 1.54) is 16.7 Å². The number of aliphatic imine (C=N–C) groups is 1. The van der Waals surface area contributed by atoms with Crippen LogP contribution in [0.2, 0.25) is 0 Å². The smallest absolute Gasteiger partial charge is 0.325 e. The van der Waals surface area contributed by atoms with Crippen molar-refractivity contribution in [3.8, 4) is 0 Å². The Kier molecular flexibility index (Phi) is 4.67. The number of ether oxygens (including phenoxy) is 1. The van der Waals surface area contributed by atoms with Gasteiger partial charge in [0.05, 0.1) is 12.9 Å². The molecule has 0 aromatic carbocycles. The van der Waals surface area contributed by atoms with E-state index in [1.54, 1.807) is 23.5 Å². The van der Waals surface area contributed by atoms with E-state index in [-0.39, 0.29) is 30.5 Å². The number of hydrogen-bond acceptors (Lipinski definition) is 5. The largest absolute Gasteiger partial charge is 0.393 e. The number of carbonyl (C=O) groups excluding carboxylic acids is 1. The van der Waals surface area contributed by atoms with E-state index in [1.807, 2.05) is 14.1 Å². The highest BCUT2D eigenvalue weighted by Gasteiger charge is 2.33. The molecule has 1 unspecified atom stereocenters. The number of nitrogens with one attached hydrogen (secondary N) is 1. The summed E-state index contributed by atoms with van der Waals surface area (Å²) in [5, 5.41) is 11.8. The molecule has 2 aliphatic heterocycles. The standard InChI is InChI=1S/C11H18N4O3S/c1-14(2)7-12-8-3-4-15(11(17)13-8)9-6-19-10(5-16)18-9/h3-4,7-10,16H,5-6H2,1-2H3,(H,13,17)/b12-7+/t8?,9-,10+/m1/s1. The Hall–Kier alpha value is -1.25. The molecule has 2 amide bonds. The predicted octanol–water partition coefficient (Wildman–Crippen LogP) is -0.151. The maximum absolute atomic E-state index is 12.0. The van der Waals surface area contributed by atoms with Crippen LogP contribution in [0.3, 0.4) is 0 Å². The molecule has 2 heterocycles. The van der Waals surface area contributed by atoms with Gasteiger partial charge in [0.25, 0.3) is 0 Å². The molecule has 2 rings (SSSR count). The third-order valence-corrected chi connectivity index (χ3v) is 3.70. The van der Waals surface area contributed by atoms with Crippen molar-refractivity contribution >= 4 is 24.1 Å². The number of aliphatic hydroxyl groups is 1. The van der Waals surface area contributed by atoms with Gasteiger partial charge in [0.1, 0.15) is 17.8 Å². The van der Waals surface area contributed by atoms with Crippen molar-refractivity contribution in [1.82, 2.24) is 15.1 Å². The van der Waals surface area contributed by atoms with Gasteiger partial charge in [-0.3, -0.25) is 4.90 Å². The van der Waals surface area contributed by atoms with Gasteiger partial charge in [-0.1, -0.05) is 0 Å². The molecule has 0 aliphatic carbocycles. The normalized spacial score (nSPS) is 31.0. The average Bonchev–Trinajstić information content (AvgIpc) is 2.85. The average molecular weight is 286 g/mol. The first-order valence-corrected chi connectivity index (χ1v) is 7.00. The SMILES string of the molecule is CN(C)/C=N/C1C=CN([C@H]2CS[C@@H](CO)O2)C(=O)N1. The van der Waals surface area contributed by atoms with Gasteiger partial charge < -0.3 is 20.1 Å². The minimum absolute atomic E-state index is 0.0455. The third kappa shape index (κ3) is 3.62. The first kappa shape index (κ1) is 14.2. The number of amides is 2. The van der Waals surface area contributed by atoms with Crippen molar-refractivity contribution in [3.63, 3.8) is 0 Å². The predicted molar refractivity (Wildman–Crippen MR) is 73.7 cm³/mol. The molecule has 0 aromatic heterocycles. The van der Waals surface area contributed by atoms with Crippen LogP contribution in [-0.4, -0.2) is 71.6 Å². The fourth-order valence-electron chi connectivity index (χ4n) is 1.70. The second-order valence-corrected chi connectivity index (χ2v) is 5.60. The van der Waals surface area contributed by atoms with Crippen LogP contribution in [0, 0.1) is 0 Å². The zero-order valence-electron chi connectivity index (χ0n) is 10.9. The molecule has 19 heavy (non-hydrogen) atoms. The summed E-state index contributed by atoms with van der Waals surface area (Å²) in [6.07, 6.45) is 4.43. The number of urea groups is 1. The van der Waals surface area contributed by atoms with E-state index in [2.05, 4.69) is 10.3 Å². The molecule has 1 fully saturated rings. The van der Waals surface area contributed by atoms with Crippen molar-refractivity contribution in [1.29, 1.82) is 0 Å². The summed E-state index contributed by atoms with van der Waals surface area (Å²) in [6.45, 7) is -0.0455. The second kappa shape index (κ2) is 6.27. The summed E-state index contributed by atoms with van der Waals surface area (Å²) in [7, 11) is 3.73. The fraction of sp³-hybridized carbons (Fsp3) is 0.636. The molecule has 2 aliphatic rings. The minimum atomic E-state index is -0.353. The van der Waals surface area contributed by atoms with E-state index in [0.717, 1.165) is 0 Å². The van der Waals surface area contributed by atoms with Crippen molar-refractivity contribution in [2.45, 2.75) is 17.8 Å². The minimum Gasteiger partial charge on any atom is -0.393 e. The maximum atomic E-state index is 12.0. The molecule has 106 valence electrons. The van der Waals surface area contributed by atoms with Gasteiger partial charge in [-0.2, -0.15) is 0 Å². The lowest BCUT2D eigenvalue weighted by Gasteiger charge is -2.29. The molecule has 0 aromatic rings. The maximum Gasteiger partial charge on any atom is 0.325 e. The van der Waals surface area contributed by atoms with Gasteiger partial charge in [-0.15, -0.1) is 11.8 Å². The van der Waals surface area contributed by atoms with Gasteiger partial charge in [-0.05, 0) is 6.08 Å². The number of aliphatic hydroxyl groups excluding tert-OH is 1. The molecule has 1 saturated heterocycles. The van der Waals surface area contributed by atoms with Crippen LogP contribution in [0.15, 0.2) is 17.3 Å². The number of hydrogen-bond donors (Lipinski definition) is 2. The van der Waals surface area contributed by atoms with Crippen LogP contribution in [0.5, 0.6) is 0 Å². The van der Waals surface area contributed by atoms with Crippen LogP contribution >= 0.6 is 11.8 Å². The summed E-state index contributed by atoms with van der Waals surface area (Å²) in [5.41, 5.74) is -0.254. The lowest BCUT2D eigenvalue weighted by atomic mass is 10.4. The third-order valence-electron chi connectivity index (χ3n) is 2.59. The molecule has 8 heteroatoms. The Labute approximate surface area is 116 Å². The number of thioether (sulfide) groups is 1. The summed E-state index contributed by atoms with van der Waals surface area (Å²) in [6, 6.07) is -0.243. The second-order valence-electron chi connectivity index (χ2n) is 4.41. The van der Waals surface area contributed by atoms with E-state index >= 15 is 0 Å². The van der Waals surface area contributed by atoms with Crippen molar-refractivity contribution in [2.24, 2.45) is 4.99 Å². The number of nitrogens with zero attached hydrogens (tertiary/aromatic N) is 3. The molecule has 0 bridgehead atoms. The van der Waals surface area contributed by atoms with Crippen LogP contribution in [-0.2, 0) is 4.74 Å². The molecule has 0 radical (unpaired) electrons. The Morgan fingerprint density at radius 3 is 3.11 bits per heavy atom. The quantitative estimate of drug-likeness (QED) is 0.555. The van der Waals surface area contributed by atoms with Gasteiger partial charge in [0.2, 0.25) is 0 Å². The number of rotatable bonds is 4. The Morgan fingerprint density at radius 2 is 2.53 bits per heavy atom. The lowest BCUT2D eigenvalue weighted by Crippen LogP contribution is -2.50. The van der Waals surface area contributed by atoms with E-state index < -0.39 is 0 Å². The topological polar surface area (TPSA) is 77.4 Å². The number of carbonyl (C=O) groups is 1. The Morgan fingerprint density at radius 1 is 1.74 bits per heavy atom. The van der Waals surface area contributed by atoms with Crippen LogP contribution in [0.4, 0.5) is 4.79 Å². The van der Waals surface area contributed by atoms with Gasteiger partial charge in [0, 0.05) is 26.0 Å². The zero-order valence-corrected chi connectivity index (χ0v) is 11.7. The van der Waals surface area contributed by atoms with E-state index in [4.69, 9.17) is 9.84 Å². The highest BCUT2D eigenvalue weighted by Crippen LogP contribution is 2.27. The van der Waals surface area contributed by atoms with E-state index in [9.17, 15) is 4.79 Å². The van der Waals surface area contributed by atoms with Crippen molar-refractivity contribution in [3.05, 3.63) is 12.3 Å². The molecule has 3 atom stereocenters. The van der Waals surface area contributed by atoms with Crippen molar-refractivity contribution in [2.75, 3.05) is 26.5 Å². The summed E-state index contributed by atoms with van der Waals surface area (Å²) in [5.74, 6) is 0.647. The first-order chi connectivity index (χ1) is 9.10. The summed E-state index contributed by atoms with van der Waals surface area (Å²) < 4.78 is 5.53. The Balaban J connectivity index is 1.95. The molecule has 2 N–H and O–H groups in total. The van der Waals surface area contributed by atoms with Gasteiger partial charge >= 0.3 is 6.03 Å². The molecule has 0 spiro atoms. The molecular formula is C11H18N4O3S. The van der Waals surface area contributed by atoms with Crippen LogP contribution in [0.25, 0.3) is 0 Å². The first-order valence-electron chi connectivity index (χ1n) is 5.95. The summed E-state index contributed by atoms with van der Waals surface area (Å²) >= 11 is 1.50. The van der Waals surface area contributed by atoms with E-state index in [0.29, 0.717) is 5.75 Å². The highest BCUT2D eigenvalue weighted by molar-refractivity contribution is 8.00. The fourth-order valence-corrected chi connectivity index (χ4v) is 2.63. The Bertz CT molecular complexity index is 388. The zero-order chi connectivity index (χ0) is 13.8. The molecule has 0 saturated carbocycles.